The number of benzene rings is 1. The summed E-state index contributed by atoms with van der Waals surface area (Å²) in [5.74, 6) is -1.27. The molecule has 0 aliphatic carbocycles. The summed E-state index contributed by atoms with van der Waals surface area (Å²) in [6, 6.07) is 9.00. The molecule has 2 rings (SSSR count). The second kappa shape index (κ2) is 5.39. The molecule has 5 heteroatoms. The molecule has 1 heterocycles. The zero-order valence-corrected chi connectivity index (χ0v) is 10.2. The average Bonchev–Trinajstić information content (AvgIpc) is 2.39. The third-order valence-electron chi connectivity index (χ3n) is 2.52. The van der Waals surface area contributed by atoms with Gasteiger partial charge in [0.1, 0.15) is 0 Å². The van der Waals surface area contributed by atoms with Crippen molar-refractivity contribution in [2.24, 2.45) is 0 Å². The lowest BCUT2D eigenvalue weighted by Crippen LogP contribution is -2.12. The fraction of sp³-hybridized carbons (Fsp3) is 0.0714. The number of rotatable bonds is 3. The first kappa shape index (κ1) is 12.9. The molecule has 0 bridgehead atoms. The molecule has 4 nitrogen and oxygen atoms in total. The second-order valence-electron chi connectivity index (χ2n) is 3.96. The van der Waals surface area contributed by atoms with Gasteiger partial charge in [0.25, 0.3) is 5.91 Å². The Balaban J connectivity index is 2.19. The van der Waals surface area contributed by atoms with Gasteiger partial charge >= 0.3 is 0 Å². The van der Waals surface area contributed by atoms with Crippen molar-refractivity contribution in [3.63, 3.8) is 0 Å². The van der Waals surface area contributed by atoms with E-state index in [-0.39, 0.29) is 11.3 Å². The van der Waals surface area contributed by atoms with Crippen LogP contribution in [0.2, 0.25) is 0 Å². The van der Waals surface area contributed by atoms with E-state index in [2.05, 4.69) is 10.3 Å². The average molecular weight is 258 g/mol. The number of ketones is 1. The van der Waals surface area contributed by atoms with Crippen molar-refractivity contribution in [1.29, 1.82) is 0 Å². The molecule has 0 aliphatic heterocycles. The van der Waals surface area contributed by atoms with Crippen LogP contribution in [0.25, 0.3) is 0 Å². The summed E-state index contributed by atoms with van der Waals surface area (Å²) in [5, 5.41) is 2.60. The van der Waals surface area contributed by atoms with E-state index in [1.54, 1.807) is 24.3 Å². The van der Waals surface area contributed by atoms with Crippen LogP contribution in [0.15, 0.2) is 42.6 Å². The van der Waals surface area contributed by atoms with Gasteiger partial charge in [0.2, 0.25) is 5.95 Å². The van der Waals surface area contributed by atoms with Crippen LogP contribution < -0.4 is 5.32 Å². The van der Waals surface area contributed by atoms with Gasteiger partial charge in [-0.1, -0.05) is 12.1 Å². The quantitative estimate of drug-likeness (QED) is 0.680. The van der Waals surface area contributed by atoms with Crippen molar-refractivity contribution in [3.05, 3.63) is 59.7 Å². The molecule has 0 aliphatic rings. The fourth-order valence-corrected chi connectivity index (χ4v) is 1.56. The third kappa shape index (κ3) is 3.22. The minimum atomic E-state index is -0.717. The van der Waals surface area contributed by atoms with Crippen LogP contribution in [0.5, 0.6) is 0 Å². The predicted octanol–water partition coefficient (Wildman–Crippen LogP) is 2.68. The van der Waals surface area contributed by atoms with E-state index in [0.717, 1.165) is 6.07 Å². The highest BCUT2D eigenvalue weighted by molar-refractivity contribution is 6.05. The number of nitrogens with one attached hydrogen (secondary N) is 1. The lowest BCUT2D eigenvalue weighted by molar-refractivity contribution is 0.101. The Morgan fingerprint density at radius 1 is 1.16 bits per heavy atom. The van der Waals surface area contributed by atoms with Crippen LogP contribution in [0.1, 0.15) is 27.6 Å². The first-order chi connectivity index (χ1) is 9.06. The number of carbonyl (C=O) groups is 2. The zero-order chi connectivity index (χ0) is 13.8. The first-order valence-electron chi connectivity index (χ1n) is 5.60. The molecule has 0 saturated heterocycles. The molecular weight excluding hydrogens is 247 g/mol. The second-order valence-corrected chi connectivity index (χ2v) is 3.96. The number of carbonyl (C=O) groups excluding carboxylic acids is 2. The van der Waals surface area contributed by atoms with Gasteiger partial charge in [-0.05, 0) is 25.1 Å². The first-order valence-corrected chi connectivity index (χ1v) is 5.60. The normalized spacial score (nSPS) is 10.0. The van der Waals surface area contributed by atoms with Gasteiger partial charge in [-0.25, -0.2) is 4.98 Å². The molecule has 1 amide bonds. The summed E-state index contributed by atoms with van der Waals surface area (Å²) >= 11 is 0. The Bertz CT molecular complexity index is 641. The van der Waals surface area contributed by atoms with E-state index in [1.165, 1.54) is 19.2 Å². The number of hydrogen-bond acceptors (Lipinski definition) is 3. The molecule has 0 saturated carbocycles. The maximum atomic E-state index is 12.9. The van der Waals surface area contributed by atoms with Crippen molar-refractivity contribution in [3.8, 4) is 0 Å². The Kier molecular flexibility index (Phi) is 3.66. The molecule has 0 unspecified atom stereocenters. The molecule has 1 N–H and O–H groups in total. The van der Waals surface area contributed by atoms with Crippen LogP contribution >= 0.6 is 0 Å². The van der Waals surface area contributed by atoms with Gasteiger partial charge in [-0.2, -0.15) is 4.39 Å². The highest BCUT2D eigenvalue weighted by atomic mass is 19.1. The van der Waals surface area contributed by atoms with Crippen molar-refractivity contribution in [1.82, 2.24) is 4.98 Å². The van der Waals surface area contributed by atoms with Gasteiger partial charge in [0.05, 0.1) is 0 Å². The molecule has 2 aromatic rings. The molecule has 0 fully saturated rings. The molecule has 1 aromatic carbocycles. The number of nitrogens with zero attached hydrogens (tertiary/aromatic N) is 1. The summed E-state index contributed by atoms with van der Waals surface area (Å²) in [4.78, 5) is 26.5. The summed E-state index contributed by atoms with van der Waals surface area (Å²) < 4.78 is 12.9. The van der Waals surface area contributed by atoms with Crippen LogP contribution in [0.4, 0.5) is 10.1 Å². The van der Waals surface area contributed by atoms with Gasteiger partial charge in [-0.3, -0.25) is 9.59 Å². The summed E-state index contributed by atoms with van der Waals surface area (Å²) in [7, 11) is 0. The van der Waals surface area contributed by atoms with E-state index >= 15 is 0 Å². The van der Waals surface area contributed by atoms with Crippen molar-refractivity contribution < 1.29 is 14.0 Å². The Hall–Kier alpha value is -2.56. The van der Waals surface area contributed by atoms with Crippen LogP contribution in [0, 0.1) is 5.95 Å². The maximum absolute atomic E-state index is 12.9. The Morgan fingerprint density at radius 2 is 1.95 bits per heavy atom. The smallest absolute Gasteiger partial charge is 0.255 e. The monoisotopic (exact) mass is 258 g/mol. The SMILES string of the molecule is CC(=O)c1cccc(NC(=O)c2ccnc(F)c2)c1. The highest BCUT2D eigenvalue weighted by Crippen LogP contribution is 2.13. The van der Waals surface area contributed by atoms with Gasteiger partial charge in [0, 0.05) is 29.1 Å². The van der Waals surface area contributed by atoms with Gasteiger partial charge < -0.3 is 5.32 Å². The van der Waals surface area contributed by atoms with E-state index in [0.29, 0.717) is 11.3 Å². The van der Waals surface area contributed by atoms with Crippen molar-refractivity contribution >= 4 is 17.4 Å². The number of hydrogen-bond donors (Lipinski definition) is 1. The van der Waals surface area contributed by atoms with E-state index in [4.69, 9.17) is 0 Å². The maximum Gasteiger partial charge on any atom is 0.255 e. The minimum absolute atomic E-state index is 0.0916. The highest BCUT2D eigenvalue weighted by Gasteiger charge is 2.08. The molecule has 0 spiro atoms. The molecule has 96 valence electrons. The standard InChI is InChI=1S/C14H11FN2O2/c1-9(18)10-3-2-4-12(7-10)17-14(19)11-5-6-16-13(15)8-11/h2-8H,1H3,(H,17,19). The number of pyridine rings is 1. The lowest BCUT2D eigenvalue weighted by atomic mass is 10.1. The number of aromatic nitrogens is 1. The summed E-state index contributed by atoms with van der Waals surface area (Å²) in [5.41, 5.74) is 1.15. The minimum Gasteiger partial charge on any atom is -0.322 e. The lowest BCUT2D eigenvalue weighted by Gasteiger charge is -2.06. The molecule has 0 atom stereocenters. The summed E-state index contributed by atoms with van der Waals surface area (Å²) in [6.07, 6.45) is 1.22. The van der Waals surface area contributed by atoms with Crippen molar-refractivity contribution in [2.45, 2.75) is 6.92 Å². The molecular formula is C14H11FN2O2. The number of anilines is 1. The number of Topliss-reactive ketones (excluding diaryl/α,β-unsaturated/α-hetero) is 1. The predicted molar refractivity (Wildman–Crippen MR) is 68.6 cm³/mol. The Labute approximate surface area is 109 Å². The zero-order valence-electron chi connectivity index (χ0n) is 10.2. The third-order valence-corrected chi connectivity index (χ3v) is 2.52. The summed E-state index contributed by atoms with van der Waals surface area (Å²) in [6.45, 7) is 1.44. The van der Waals surface area contributed by atoms with Gasteiger partial charge in [-0.15, -0.1) is 0 Å². The van der Waals surface area contributed by atoms with Crippen molar-refractivity contribution in [2.75, 3.05) is 5.32 Å². The molecule has 1 aromatic heterocycles. The number of amides is 1. The largest absolute Gasteiger partial charge is 0.322 e. The van der Waals surface area contributed by atoms with Crippen LogP contribution in [0.3, 0.4) is 0 Å². The van der Waals surface area contributed by atoms with Gasteiger partial charge in [0.15, 0.2) is 5.78 Å². The topological polar surface area (TPSA) is 59.1 Å². The Morgan fingerprint density at radius 3 is 2.63 bits per heavy atom. The fourth-order valence-electron chi connectivity index (χ4n) is 1.56. The molecule has 19 heavy (non-hydrogen) atoms. The number of halogens is 1. The van der Waals surface area contributed by atoms with Crippen LogP contribution in [-0.4, -0.2) is 16.7 Å². The van der Waals surface area contributed by atoms with E-state index in [1.807, 2.05) is 0 Å². The van der Waals surface area contributed by atoms with E-state index < -0.39 is 11.9 Å². The molecule has 0 radical (unpaired) electrons. The van der Waals surface area contributed by atoms with E-state index in [9.17, 15) is 14.0 Å². The van der Waals surface area contributed by atoms with Crippen LogP contribution in [-0.2, 0) is 0 Å².